The molecular formula is C16H19NO3. The second-order valence-corrected chi connectivity index (χ2v) is 4.47. The van der Waals surface area contributed by atoms with Crippen LogP contribution in [0.25, 0.3) is 10.8 Å². The van der Waals surface area contributed by atoms with Crippen molar-refractivity contribution in [3.05, 3.63) is 48.0 Å². The average molecular weight is 273 g/mol. The lowest BCUT2D eigenvalue weighted by Gasteiger charge is -2.08. The van der Waals surface area contributed by atoms with Gasteiger partial charge in [-0.2, -0.15) is 0 Å². The van der Waals surface area contributed by atoms with Gasteiger partial charge in [-0.15, -0.1) is 0 Å². The number of nitrogens with one attached hydrogen (secondary N) is 1. The van der Waals surface area contributed by atoms with E-state index in [4.69, 9.17) is 9.84 Å². The number of carbonyl (C=O) groups excluding carboxylic acids is 1. The molecule has 0 fully saturated rings. The Balaban J connectivity index is 1.91. The van der Waals surface area contributed by atoms with Crippen molar-refractivity contribution in [3.63, 3.8) is 0 Å². The minimum absolute atomic E-state index is 0.0301. The van der Waals surface area contributed by atoms with Gasteiger partial charge >= 0.3 is 0 Å². The monoisotopic (exact) mass is 273 g/mol. The fourth-order valence-electron chi connectivity index (χ4n) is 2.06. The number of ether oxygens (including phenoxy) is 1. The van der Waals surface area contributed by atoms with Gasteiger partial charge < -0.3 is 15.2 Å². The fraction of sp³-hybridized carbons (Fsp3) is 0.312. The van der Waals surface area contributed by atoms with Crippen molar-refractivity contribution in [2.75, 3.05) is 26.4 Å². The molecule has 0 aliphatic rings. The normalized spacial score (nSPS) is 10.7. The summed E-state index contributed by atoms with van der Waals surface area (Å²) >= 11 is 0. The van der Waals surface area contributed by atoms with Gasteiger partial charge in [-0.1, -0.05) is 36.4 Å². The van der Waals surface area contributed by atoms with E-state index >= 15 is 0 Å². The topological polar surface area (TPSA) is 58.6 Å². The Kier molecular flexibility index (Phi) is 5.53. The maximum atomic E-state index is 12.2. The summed E-state index contributed by atoms with van der Waals surface area (Å²) in [6.07, 6.45) is 0.733. The van der Waals surface area contributed by atoms with Crippen LogP contribution in [0, 0.1) is 0 Å². The molecule has 0 saturated carbocycles. The number of aliphatic hydroxyl groups excluding tert-OH is 1. The lowest BCUT2D eigenvalue weighted by Crippen LogP contribution is -2.25. The van der Waals surface area contributed by atoms with Gasteiger partial charge in [-0.05, 0) is 23.3 Å². The van der Waals surface area contributed by atoms with Crippen LogP contribution in [0.1, 0.15) is 16.8 Å². The molecular weight excluding hydrogens is 254 g/mol. The predicted octanol–water partition coefficient (Wildman–Crippen LogP) is 1.97. The number of amides is 1. The van der Waals surface area contributed by atoms with Crippen LogP contribution in [0.3, 0.4) is 0 Å². The van der Waals surface area contributed by atoms with Crippen LogP contribution < -0.4 is 5.32 Å². The maximum absolute atomic E-state index is 12.2. The smallest absolute Gasteiger partial charge is 0.251 e. The Morgan fingerprint density at radius 3 is 2.75 bits per heavy atom. The van der Waals surface area contributed by atoms with Gasteiger partial charge in [0.05, 0.1) is 13.2 Å². The van der Waals surface area contributed by atoms with E-state index in [2.05, 4.69) is 5.32 Å². The van der Waals surface area contributed by atoms with Gasteiger partial charge in [-0.3, -0.25) is 4.79 Å². The molecule has 0 bridgehead atoms. The van der Waals surface area contributed by atoms with Crippen molar-refractivity contribution in [3.8, 4) is 0 Å². The number of carbonyl (C=O) groups is 1. The molecule has 0 aromatic heterocycles. The summed E-state index contributed by atoms with van der Waals surface area (Å²) in [5.74, 6) is -0.0658. The standard InChI is InChI=1S/C16H19NO3/c18-10-12-20-11-4-9-17-16(19)15-8-3-6-13-5-1-2-7-14(13)15/h1-3,5-8,18H,4,9-12H2,(H,17,19). The number of benzene rings is 2. The molecule has 0 unspecified atom stereocenters. The van der Waals surface area contributed by atoms with Gasteiger partial charge in [-0.25, -0.2) is 0 Å². The molecule has 1 amide bonds. The van der Waals surface area contributed by atoms with Gasteiger partial charge in [0.25, 0.3) is 5.91 Å². The molecule has 0 saturated heterocycles. The molecule has 4 nitrogen and oxygen atoms in total. The maximum Gasteiger partial charge on any atom is 0.251 e. The van der Waals surface area contributed by atoms with Crippen molar-refractivity contribution in [1.29, 1.82) is 0 Å². The second-order valence-electron chi connectivity index (χ2n) is 4.47. The van der Waals surface area contributed by atoms with Crippen LogP contribution in [0.15, 0.2) is 42.5 Å². The van der Waals surface area contributed by atoms with E-state index in [1.165, 1.54) is 0 Å². The van der Waals surface area contributed by atoms with Gasteiger partial charge in [0, 0.05) is 18.7 Å². The van der Waals surface area contributed by atoms with Crippen molar-refractivity contribution in [2.45, 2.75) is 6.42 Å². The molecule has 0 aliphatic carbocycles. The van der Waals surface area contributed by atoms with Crippen LogP contribution in [0.2, 0.25) is 0 Å². The zero-order valence-electron chi connectivity index (χ0n) is 11.3. The highest BCUT2D eigenvalue weighted by molar-refractivity contribution is 6.06. The number of hydrogen-bond acceptors (Lipinski definition) is 3. The predicted molar refractivity (Wildman–Crippen MR) is 78.8 cm³/mol. The number of aliphatic hydroxyl groups is 1. The van der Waals surface area contributed by atoms with E-state index in [9.17, 15) is 4.79 Å². The van der Waals surface area contributed by atoms with Crippen LogP contribution >= 0.6 is 0 Å². The van der Waals surface area contributed by atoms with Gasteiger partial charge in [0.15, 0.2) is 0 Å². The van der Waals surface area contributed by atoms with Gasteiger partial charge in [0.1, 0.15) is 0 Å². The summed E-state index contributed by atoms with van der Waals surface area (Å²) in [5, 5.41) is 13.5. The molecule has 4 heteroatoms. The van der Waals surface area contributed by atoms with E-state index < -0.39 is 0 Å². The number of rotatable bonds is 7. The van der Waals surface area contributed by atoms with E-state index in [1.54, 1.807) is 0 Å². The van der Waals surface area contributed by atoms with Crippen LogP contribution in [-0.4, -0.2) is 37.4 Å². The molecule has 106 valence electrons. The Morgan fingerprint density at radius 2 is 1.90 bits per heavy atom. The highest BCUT2D eigenvalue weighted by atomic mass is 16.5. The zero-order chi connectivity index (χ0) is 14.2. The third kappa shape index (κ3) is 3.79. The molecule has 0 aliphatic heterocycles. The summed E-state index contributed by atoms with van der Waals surface area (Å²) in [4.78, 5) is 12.2. The summed E-state index contributed by atoms with van der Waals surface area (Å²) in [6.45, 7) is 1.48. The molecule has 2 rings (SSSR count). The Morgan fingerprint density at radius 1 is 1.10 bits per heavy atom. The van der Waals surface area contributed by atoms with Crippen molar-refractivity contribution >= 4 is 16.7 Å². The summed E-state index contributed by atoms with van der Waals surface area (Å²) < 4.78 is 5.14. The van der Waals surface area contributed by atoms with E-state index in [0.29, 0.717) is 25.3 Å². The van der Waals surface area contributed by atoms with E-state index in [-0.39, 0.29) is 12.5 Å². The van der Waals surface area contributed by atoms with Crippen molar-refractivity contribution < 1.29 is 14.6 Å². The first-order valence-corrected chi connectivity index (χ1v) is 6.77. The van der Waals surface area contributed by atoms with Crippen molar-refractivity contribution in [1.82, 2.24) is 5.32 Å². The Bertz CT molecular complexity index is 563. The van der Waals surface area contributed by atoms with E-state index in [1.807, 2.05) is 42.5 Å². The molecule has 0 spiro atoms. The van der Waals surface area contributed by atoms with Crippen LogP contribution in [-0.2, 0) is 4.74 Å². The average Bonchev–Trinajstić information content (AvgIpc) is 2.50. The van der Waals surface area contributed by atoms with Crippen LogP contribution in [0.4, 0.5) is 0 Å². The molecule has 2 aromatic carbocycles. The highest BCUT2D eigenvalue weighted by Gasteiger charge is 2.08. The Labute approximate surface area is 118 Å². The van der Waals surface area contributed by atoms with Crippen molar-refractivity contribution in [2.24, 2.45) is 0 Å². The summed E-state index contributed by atoms with van der Waals surface area (Å²) in [6, 6.07) is 13.6. The molecule has 2 aromatic rings. The first kappa shape index (κ1) is 14.5. The van der Waals surface area contributed by atoms with Crippen LogP contribution in [0.5, 0.6) is 0 Å². The molecule has 2 N–H and O–H groups in total. The number of fused-ring (bicyclic) bond motifs is 1. The molecule has 20 heavy (non-hydrogen) atoms. The largest absolute Gasteiger partial charge is 0.394 e. The lowest BCUT2D eigenvalue weighted by atomic mass is 10.0. The first-order valence-electron chi connectivity index (χ1n) is 6.77. The lowest BCUT2D eigenvalue weighted by molar-refractivity contribution is 0.0868. The molecule has 0 radical (unpaired) electrons. The summed E-state index contributed by atoms with van der Waals surface area (Å²) in [7, 11) is 0. The minimum Gasteiger partial charge on any atom is -0.394 e. The molecule has 0 heterocycles. The third-order valence-corrected chi connectivity index (χ3v) is 3.02. The molecule has 0 atom stereocenters. The van der Waals surface area contributed by atoms with E-state index in [0.717, 1.165) is 17.2 Å². The quantitative estimate of drug-likeness (QED) is 0.758. The first-order chi connectivity index (χ1) is 9.83. The SMILES string of the molecule is O=C(NCCCOCCO)c1cccc2ccccc12. The summed E-state index contributed by atoms with van der Waals surface area (Å²) in [5.41, 5.74) is 0.694. The Hall–Kier alpha value is -1.91. The number of hydrogen-bond donors (Lipinski definition) is 2. The van der Waals surface area contributed by atoms with Gasteiger partial charge in [0.2, 0.25) is 0 Å². The highest BCUT2D eigenvalue weighted by Crippen LogP contribution is 2.18. The zero-order valence-corrected chi connectivity index (χ0v) is 11.3. The third-order valence-electron chi connectivity index (χ3n) is 3.02. The fourth-order valence-corrected chi connectivity index (χ4v) is 2.06. The minimum atomic E-state index is -0.0658. The second kappa shape index (κ2) is 7.62.